The van der Waals surface area contributed by atoms with Gasteiger partial charge in [-0.25, -0.2) is 8.42 Å². The average molecular weight is 447 g/mol. The van der Waals surface area contributed by atoms with E-state index in [-0.39, 0.29) is 29.4 Å². The highest BCUT2D eigenvalue weighted by Gasteiger charge is 2.33. The first-order valence-electron chi connectivity index (χ1n) is 10.8. The van der Waals surface area contributed by atoms with Crippen molar-refractivity contribution in [3.8, 4) is 5.75 Å². The number of carbonyl (C=O) groups is 1. The number of aromatic nitrogens is 2. The van der Waals surface area contributed by atoms with Crippen LogP contribution in [-0.4, -0.2) is 73.8 Å². The van der Waals surface area contributed by atoms with Crippen LogP contribution < -0.4 is 9.64 Å². The van der Waals surface area contributed by atoms with Crippen LogP contribution in [0.25, 0.3) is 0 Å². The van der Waals surface area contributed by atoms with E-state index in [9.17, 15) is 13.2 Å². The second kappa shape index (κ2) is 8.53. The average Bonchev–Trinajstić information content (AvgIpc) is 3.37. The predicted octanol–water partition coefficient (Wildman–Crippen LogP) is 2.34. The standard InChI is InChI=1S/C22H30N4O4S/c1-16(2)20-14-18(23-26(20)17-8-13-31(28,29)15-17)22(27)25-11-9-24(10-12-25)19-6-4-5-7-21(19)30-3/h4-7,14,16-17H,8-13,15H2,1-3H3/t17-/m0/s1. The van der Waals surface area contributed by atoms with E-state index in [4.69, 9.17) is 4.74 Å². The van der Waals surface area contributed by atoms with Crippen LogP contribution in [0.15, 0.2) is 30.3 Å². The summed E-state index contributed by atoms with van der Waals surface area (Å²) in [6.45, 7) is 6.70. The third-order valence-corrected chi connectivity index (χ3v) is 7.87. The summed E-state index contributed by atoms with van der Waals surface area (Å²) in [5.74, 6) is 1.16. The van der Waals surface area contributed by atoms with Crippen molar-refractivity contribution in [1.82, 2.24) is 14.7 Å². The number of nitrogens with zero attached hydrogens (tertiary/aromatic N) is 4. The lowest BCUT2D eigenvalue weighted by molar-refractivity contribution is 0.0739. The van der Waals surface area contributed by atoms with Crippen LogP contribution in [-0.2, 0) is 9.84 Å². The number of ether oxygens (including phenoxy) is 1. The summed E-state index contributed by atoms with van der Waals surface area (Å²) in [5, 5.41) is 4.59. The zero-order valence-corrected chi connectivity index (χ0v) is 19.1. The number of sulfone groups is 1. The number of anilines is 1. The smallest absolute Gasteiger partial charge is 0.274 e. The molecule has 8 nitrogen and oxygen atoms in total. The number of methoxy groups -OCH3 is 1. The molecule has 1 aromatic carbocycles. The third kappa shape index (κ3) is 4.42. The molecule has 2 aliphatic rings. The lowest BCUT2D eigenvalue weighted by atomic mass is 10.1. The Hall–Kier alpha value is -2.55. The molecule has 2 saturated heterocycles. The third-order valence-electron chi connectivity index (χ3n) is 6.12. The van der Waals surface area contributed by atoms with E-state index in [0.29, 0.717) is 38.3 Å². The van der Waals surface area contributed by atoms with Crippen LogP contribution in [0.3, 0.4) is 0 Å². The molecular weight excluding hydrogens is 416 g/mol. The van der Waals surface area contributed by atoms with E-state index in [1.165, 1.54) is 0 Å². The summed E-state index contributed by atoms with van der Waals surface area (Å²) < 4.78 is 31.1. The van der Waals surface area contributed by atoms with Gasteiger partial charge in [-0.2, -0.15) is 5.10 Å². The van der Waals surface area contributed by atoms with Crippen LogP contribution in [0.2, 0.25) is 0 Å². The van der Waals surface area contributed by atoms with Gasteiger partial charge in [0.2, 0.25) is 0 Å². The Kier molecular flexibility index (Phi) is 5.96. The summed E-state index contributed by atoms with van der Waals surface area (Å²) in [7, 11) is -1.36. The Morgan fingerprint density at radius 3 is 2.48 bits per heavy atom. The van der Waals surface area contributed by atoms with Gasteiger partial charge in [-0.3, -0.25) is 9.48 Å². The van der Waals surface area contributed by atoms with Crippen molar-refractivity contribution in [2.45, 2.75) is 32.2 Å². The van der Waals surface area contributed by atoms with Crippen molar-refractivity contribution in [3.05, 3.63) is 41.7 Å². The molecule has 168 valence electrons. The SMILES string of the molecule is COc1ccccc1N1CCN(C(=O)c2cc(C(C)C)n([C@H]3CCS(=O)(=O)C3)n2)CC1. The second-order valence-electron chi connectivity index (χ2n) is 8.56. The first kappa shape index (κ1) is 21.7. The summed E-state index contributed by atoms with van der Waals surface area (Å²) in [6.07, 6.45) is 0.551. The highest BCUT2D eigenvalue weighted by Crippen LogP contribution is 2.30. The molecule has 0 bridgehead atoms. The number of hydrogen-bond donors (Lipinski definition) is 0. The second-order valence-corrected chi connectivity index (χ2v) is 10.8. The van der Waals surface area contributed by atoms with Gasteiger partial charge in [-0.1, -0.05) is 26.0 Å². The minimum absolute atomic E-state index is 0.0961. The number of piperazine rings is 1. The van der Waals surface area contributed by atoms with E-state index >= 15 is 0 Å². The molecule has 31 heavy (non-hydrogen) atoms. The van der Waals surface area contributed by atoms with E-state index in [1.807, 2.05) is 49.1 Å². The fourth-order valence-electron chi connectivity index (χ4n) is 4.41. The summed E-state index contributed by atoms with van der Waals surface area (Å²) >= 11 is 0. The number of amides is 1. The van der Waals surface area contributed by atoms with Crippen LogP contribution in [0, 0.1) is 0 Å². The van der Waals surface area contributed by atoms with Crippen molar-refractivity contribution in [2.24, 2.45) is 0 Å². The van der Waals surface area contributed by atoms with Crippen LogP contribution >= 0.6 is 0 Å². The maximum atomic E-state index is 13.2. The summed E-state index contributed by atoms with van der Waals surface area (Å²) in [6, 6.07) is 9.55. The van der Waals surface area contributed by atoms with Crippen LogP contribution in [0.5, 0.6) is 5.75 Å². The van der Waals surface area contributed by atoms with Gasteiger partial charge in [0.1, 0.15) is 5.75 Å². The van der Waals surface area contributed by atoms with Gasteiger partial charge in [0, 0.05) is 31.9 Å². The lowest BCUT2D eigenvalue weighted by Crippen LogP contribution is -2.49. The Bertz CT molecular complexity index is 1060. The van der Waals surface area contributed by atoms with E-state index in [2.05, 4.69) is 10.00 Å². The van der Waals surface area contributed by atoms with Gasteiger partial charge in [0.05, 0.1) is 30.3 Å². The van der Waals surface area contributed by atoms with Crippen molar-refractivity contribution in [3.63, 3.8) is 0 Å². The molecule has 2 fully saturated rings. The van der Waals surface area contributed by atoms with Crippen LogP contribution in [0.4, 0.5) is 5.69 Å². The minimum Gasteiger partial charge on any atom is -0.495 e. The maximum absolute atomic E-state index is 13.2. The molecule has 1 atom stereocenters. The van der Waals surface area contributed by atoms with Crippen LogP contribution in [0.1, 0.15) is 48.4 Å². The Balaban J connectivity index is 1.48. The lowest BCUT2D eigenvalue weighted by Gasteiger charge is -2.36. The van der Waals surface area contributed by atoms with Crippen molar-refractivity contribution in [1.29, 1.82) is 0 Å². The Morgan fingerprint density at radius 2 is 1.87 bits per heavy atom. The van der Waals surface area contributed by atoms with Gasteiger partial charge in [0.15, 0.2) is 15.5 Å². The van der Waals surface area contributed by atoms with Gasteiger partial charge in [-0.05, 0) is 30.5 Å². The molecule has 2 aromatic rings. The molecular formula is C22H30N4O4S. The van der Waals surface area contributed by atoms with Crippen molar-refractivity contribution >= 4 is 21.4 Å². The molecule has 0 N–H and O–H groups in total. The van der Waals surface area contributed by atoms with Gasteiger partial charge in [0.25, 0.3) is 5.91 Å². The number of para-hydroxylation sites is 2. The van der Waals surface area contributed by atoms with Gasteiger partial charge >= 0.3 is 0 Å². The molecule has 4 rings (SSSR count). The number of benzene rings is 1. The molecule has 0 unspecified atom stereocenters. The first-order chi connectivity index (χ1) is 14.8. The molecule has 1 amide bonds. The predicted molar refractivity (Wildman–Crippen MR) is 120 cm³/mol. The Labute approximate surface area is 183 Å². The quantitative estimate of drug-likeness (QED) is 0.701. The van der Waals surface area contributed by atoms with E-state index in [1.54, 1.807) is 11.8 Å². The molecule has 1 aromatic heterocycles. The Morgan fingerprint density at radius 1 is 1.16 bits per heavy atom. The largest absolute Gasteiger partial charge is 0.495 e. The van der Waals surface area contributed by atoms with E-state index < -0.39 is 9.84 Å². The number of hydrogen-bond acceptors (Lipinski definition) is 6. The minimum atomic E-state index is -3.03. The van der Waals surface area contributed by atoms with Gasteiger partial charge < -0.3 is 14.5 Å². The highest BCUT2D eigenvalue weighted by atomic mass is 32.2. The van der Waals surface area contributed by atoms with E-state index in [0.717, 1.165) is 17.1 Å². The molecule has 0 aliphatic carbocycles. The fraction of sp³-hybridized carbons (Fsp3) is 0.545. The first-order valence-corrected chi connectivity index (χ1v) is 12.6. The monoisotopic (exact) mass is 446 g/mol. The fourth-order valence-corrected chi connectivity index (χ4v) is 6.10. The maximum Gasteiger partial charge on any atom is 0.274 e. The zero-order valence-electron chi connectivity index (χ0n) is 18.3. The highest BCUT2D eigenvalue weighted by molar-refractivity contribution is 7.91. The normalized spacial score (nSPS) is 21.0. The van der Waals surface area contributed by atoms with Crippen molar-refractivity contribution in [2.75, 3.05) is 49.7 Å². The topological polar surface area (TPSA) is 84.7 Å². The molecule has 9 heteroatoms. The zero-order chi connectivity index (χ0) is 22.2. The molecule has 0 radical (unpaired) electrons. The number of rotatable bonds is 5. The number of carbonyl (C=O) groups excluding carboxylic acids is 1. The van der Waals surface area contributed by atoms with Crippen molar-refractivity contribution < 1.29 is 17.9 Å². The molecule has 3 heterocycles. The summed E-state index contributed by atoms with van der Waals surface area (Å²) in [5.41, 5.74) is 2.35. The molecule has 2 aliphatic heterocycles. The summed E-state index contributed by atoms with van der Waals surface area (Å²) in [4.78, 5) is 17.2. The molecule has 0 spiro atoms. The van der Waals surface area contributed by atoms with Gasteiger partial charge in [-0.15, -0.1) is 0 Å². The molecule has 0 saturated carbocycles.